The Balaban J connectivity index is 2.49. The molecule has 0 atom stereocenters. The Bertz CT molecular complexity index is 659. The minimum Gasteiger partial charge on any atom is -0.382 e. The van der Waals surface area contributed by atoms with Crippen LogP contribution in [-0.2, 0) is 0 Å². The van der Waals surface area contributed by atoms with Crippen molar-refractivity contribution in [1.29, 1.82) is 5.26 Å². The lowest BCUT2D eigenvalue weighted by Crippen LogP contribution is -2.08. The summed E-state index contributed by atoms with van der Waals surface area (Å²) in [5, 5.41) is 9.88. The zero-order valence-electron chi connectivity index (χ0n) is 10.3. The molecular weight excluding hydrogens is 226 g/mol. The number of aromatic amines is 1. The highest BCUT2D eigenvalue weighted by Gasteiger charge is 2.16. The second-order valence-electron chi connectivity index (χ2n) is 4.20. The number of nitrogens with one attached hydrogen (secondary N) is 1. The molecule has 0 aliphatic carbocycles. The zero-order valence-corrected chi connectivity index (χ0v) is 10.3. The highest BCUT2D eigenvalue weighted by atomic mass is 16.1. The van der Waals surface area contributed by atoms with Crippen molar-refractivity contribution < 1.29 is 4.79 Å². The molecule has 0 aliphatic rings. The van der Waals surface area contributed by atoms with Crippen LogP contribution in [0.3, 0.4) is 0 Å². The van der Waals surface area contributed by atoms with Gasteiger partial charge in [0.1, 0.15) is 11.6 Å². The van der Waals surface area contributed by atoms with E-state index in [4.69, 9.17) is 5.26 Å². The van der Waals surface area contributed by atoms with Gasteiger partial charge in [0.25, 0.3) is 0 Å². The number of rotatable bonds is 3. The van der Waals surface area contributed by atoms with E-state index in [-0.39, 0.29) is 11.4 Å². The summed E-state index contributed by atoms with van der Waals surface area (Å²) in [5.74, 6) is -0.261. The number of benzene rings is 1. The van der Waals surface area contributed by atoms with E-state index in [1.807, 2.05) is 30.3 Å². The van der Waals surface area contributed by atoms with Gasteiger partial charge in [0.2, 0.25) is 5.78 Å². The Kier molecular flexibility index (Phi) is 3.16. The van der Waals surface area contributed by atoms with Crippen LogP contribution in [0.2, 0.25) is 0 Å². The van der Waals surface area contributed by atoms with Crippen LogP contribution in [0.1, 0.15) is 10.4 Å². The fourth-order valence-corrected chi connectivity index (χ4v) is 1.80. The van der Waals surface area contributed by atoms with Gasteiger partial charge in [-0.15, -0.1) is 0 Å². The van der Waals surface area contributed by atoms with Crippen LogP contribution in [0, 0.1) is 11.3 Å². The number of carbonyl (C=O) groups is 1. The van der Waals surface area contributed by atoms with Crippen LogP contribution < -0.4 is 0 Å². The van der Waals surface area contributed by atoms with E-state index in [0.717, 1.165) is 10.9 Å². The number of ketones is 1. The monoisotopic (exact) mass is 239 g/mol. The van der Waals surface area contributed by atoms with Gasteiger partial charge in [-0.25, -0.2) is 0 Å². The molecule has 0 bridgehead atoms. The number of carbonyl (C=O) groups excluding carboxylic acids is 1. The van der Waals surface area contributed by atoms with Crippen molar-refractivity contribution in [1.82, 2.24) is 9.88 Å². The van der Waals surface area contributed by atoms with Crippen LogP contribution in [0.25, 0.3) is 10.9 Å². The normalized spacial score (nSPS) is 11.3. The third-order valence-electron chi connectivity index (χ3n) is 2.59. The van der Waals surface area contributed by atoms with Gasteiger partial charge in [0, 0.05) is 43.0 Å². The van der Waals surface area contributed by atoms with E-state index < -0.39 is 0 Å². The first kappa shape index (κ1) is 11.9. The molecule has 18 heavy (non-hydrogen) atoms. The molecule has 0 saturated heterocycles. The van der Waals surface area contributed by atoms with Gasteiger partial charge < -0.3 is 9.88 Å². The minimum absolute atomic E-state index is 0.129. The molecule has 0 aliphatic heterocycles. The standard InChI is InChI=1S/C14H13N3O/c1-17(2)9-10(7-15)14(18)12-8-16-13-6-4-3-5-11(12)13/h3-6,8-9,16H,1-2H3/b10-9+. The number of hydrogen-bond acceptors (Lipinski definition) is 3. The summed E-state index contributed by atoms with van der Waals surface area (Å²) in [6.07, 6.45) is 3.18. The van der Waals surface area contributed by atoms with E-state index in [0.29, 0.717) is 5.56 Å². The molecule has 90 valence electrons. The molecular formula is C14H13N3O. The summed E-state index contributed by atoms with van der Waals surface area (Å²) in [7, 11) is 3.56. The number of nitrogens with zero attached hydrogens (tertiary/aromatic N) is 2. The van der Waals surface area contributed by atoms with Crippen molar-refractivity contribution in [3.05, 3.63) is 47.8 Å². The molecule has 2 rings (SSSR count). The smallest absolute Gasteiger partial charge is 0.207 e. The lowest BCUT2D eigenvalue weighted by molar-refractivity contribution is 0.103. The highest BCUT2D eigenvalue weighted by Crippen LogP contribution is 2.20. The second-order valence-corrected chi connectivity index (χ2v) is 4.20. The maximum absolute atomic E-state index is 12.2. The molecule has 1 N–H and O–H groups in total. The molecule has 1 heterocycles. The second kappa shape index (κ2) is 4.76. The molecule has 0 saturated carbocycles. The number of allylic oxidation sites excluding steroid dienone is 1. The molecule has 4 heteroatoms. The van der Waals surface area contributed by atoms with E-state index >= 15 is 0 Å². The summed E-state index contributed by atoms with van der Waals surface area (Å²) in [6.45, 7) is 0. The first-order valence-corrected chi connectivity index (χ1v) is 5.52. The van der Waals surface area contributed by atoms with Crippen LogP contribution in [-0.4, -0.2) is 29.8 Å². The molecule has 0 unspecified atom stereocenters. The predicted molar refractivity (Wildman–Crippen MR) is 70.0 cm³/mol. The average Bonchev–Trinajstić information content (AvgIpc) is 2.78. The maximum atomic E-state index is 12.2. The molecule has 1 aromatic heterocycles. The topological polar surface area (TPSA) is 59.9 Å². The SMILES string of the molecule is CN(C)/C=C(\C#N)C(=O)c1c[nH]c2ccccc12. The van der Waals surface area contributed by atoms with Crippen molar-refractivity contribution in [2.45, 2.75) is 0 Å². The Morgan fingerprint density at radius 3 is 2.78 bits per heavy atom. The van der Waals surface area contributed by atoms with Crippen LogP contribution >= 0.6 is 0 Å². The van der Waals surface area contributed by atoms with Gasteiger partial charge in [0.15, 0.2) is 0 Å². The van der Waals surface area contributed by atoms with Crippen molar-refractivity contribution >= 4 is 16.7 Å². The average molecular weight is 239 g/mol. The predicted octanol–water partition coefficient (Wildman–Crippen LogP) is 2.32. The number of para-hydroxylation sites is 1. The lowest BCUT2D eigenvalue weighted by atomic mass is 10.0. The van der Waals surface area contributed by atoms with E-state index in [9.17, 15) is 4.79 Å². The molecule has 0 radical (unpaired) electrons. The fraction of sp³-hybridized carbons (Fsp3) is 0.143. The highest BCUT2D eigenvalue weighted by molar-refractivity contribution is 6.17. The third kappa shape index (κ3) is 2.11. The summed E-state index contributed by atoms with van der Waals surface area (Å²) in [4.78, 5) is 17.0. The molecule has 0 spiro atoms. The minimum atomic E-state index is -0.261. The number of nitriles is 1. The van der Waals surface area contributed by atoms with Crippen molar-refractivity contribution in [3.63, 3.8) is 0 Å². The molecule has 0 fully saturated rings. The fourth-order valence-electron chi connectivity index (χ4n) is 1.80. The summed E-state index contributed by atoms with van der Waals surface area (Å²) < 4.78 is 0. The number of hydrogen-bond donors (Lipinski definition) is 1. The number of Topliss-reactive ketones (excluding diaryl/α,β-unsaturated/α-hetero) is 1. The van der Waals surface area contributed by atoms with Crippen LogP contribution in [0.5, 0.6) is 0 Å². The van der Waals surface area contributed by atoms with Crippen LogP contribution in [0.15, 0.2) is 42.2 Å². The maximum Gasteiger partial charge on any atom is 0.207 e. The van der Waals surface area contributed by atoms with Crippen molar-refractivity contribution in [2.24, 2.45) is 0 Å². The van der Waals surface area contributed by atoms with Gasteiger partial charge in [-0.1, -0.05) is 18.2 Å². The van der Waals surface area contributed by atoms with Crippen LogP contribution in [0.4, 0.5) is 0 Å². The third-order valence-corrected chi connectivity index (χ3v) is 2.59. The Morgan fingerprint density at radius 1 is 1.39 bits per heavy atom. The van der Waals surface area contributed by atoms with E-state index in [2.05, 4.69) is 4.98 Å². The molecule has 0 amide bonds. The molecule has 2 aromatic rings. The summed E-state index contributed by atoms with van der Waals surface area (Å²) in [5.41, 5.74) is 1.55. The van der Waals surface area contributed by atoms with E-state index in [1.165, 1.54) is 6.20 Å². The Labute approximate surface area is 105 Å². The molecule has 1 aromatic carbocycles. The van der Waals surface area contributed by atoms with E-state index in [1.54, 1.807) is 25.2 Å². The lowest BCUT2D eigenvalue weighted by Gasteiger charge is -2.05. The number of fused-ring (bicyclic) bond motifs is 1. The zero-order chi connectivity index (χ0) is 13.1. The largest absolute Gasteiger partial charge is 0.382 e. The summed E-state index contributed by atoms with van der Waals surface area (Å²) in [6, 6.07) is 9.47. The first-order valence-electron chi connectivity index (χ1n) is 5.52. The van der Waals surface area contributed by atoms with Crippen molar-refractivity contribution in [2.75, 3.05) is 14.1 Å². The Hall–Kier alpha value is -2.54. The molecule has 4 nitrogen and oxygen atoms in total. The quantitative estimate of drug-likeness (QED) is 0.508. The first-order chi connectivity index (χ1) is 8.63. The van der Waals surface area contributed by atoms with Gasteiger partial charge in [-0.05, 0) is 6.07 Å². The summed E-state index contributed by atoms with van der Waals surface area (Å²) >= 11 is 0. The van der Waals surface area contributed by atoms with Gasteiger partial charge in [-0.3, -0.25) is 4.79 Å². The van der Waals surface area contributed by atoms with Gasteiger partial charge in [-0.2, -0.15) is 5.26 Å². The Morgan fingerprint density at radius 2 is 2.11 bits per heavy atom. The van der Waals surface area contributed by atoms with Gasteiger partial charge in [0.05, 0.1) is 0 Å². The van der Waals surface area contributed by atoms with Gasteiger partial charge >= 0.3 is 0 Å². The number of H-pyrrole nitrogens is 1. The van der Waals surface area contributed by atoms with Crippen molar-refractivity contribution in [3.8, 4) is 6.07 Å². The number of aromatic nitrogens is 1.